The first kappa shape index (κ1) is 18.5. The molecule has 0 aliphatic rings. The molecular weight excluding hydrogens is 364 g/mol. The number of carbonyl (C=O) groups excluding carboxylic acids is 1. The van der Waals surface area contributed by atoms with Gasteiger partial charge < -0.3 is 10.5 Å². The molecule has 27 heavy (non-hydrogen) atoms. The van der Waals surface area contributed by atoms with Gasteiger partial charge in [-0.3, -0.25) is 14.9 Å². The second-order valence-corrected chi connectivity index (χ2v) is 6.68. The van der Waals surface area contributed by atoms with E-state index < -0.39 is 10.8 Å². The lowest BCUT2D eigenvalue weighted by Gasteiger charge is -2.15. The van der Waals surface area contributed by atoms with Gasteiger partial charge in [0, 0.05) is 33.1 Å². The van der Waals surface area contributed by atoms with E-state index in [0.29, 0.717) is 16.2 Å². The summed E-state index contributed by atoms with van der Waals surface area (Å²) in [6, 6.07) is 19.0. The van der Waals surface area contributed by atoms with Gasteiger partial charge in [0.2, 0.25) is 5.91 Å². The zero-order valence-corrected chi connectivity index (χ0v) is 15.2. The highest BCUT2D eigenvalue weighted by atomic mass is 32.2. The fraction of sp³-hybridized carbons (Fsp3) is 0.0500. The Morgan fingerprint density at radius 2 is 1.67 bits per heavy atom. The molecule has 1 amide bonds. The molecule has 6 nitrogen and oxygen atoms in total. The second-order valence-electron chi connectivity index (χ2n) is 5.60. The summed E-state index contributed by atoms with van der Waals surface area (Å²) in [5.74, 6) is 0.126. The monoisotopic (exact) mass is 380 g/mol. The van der Waals surface area contributed by atoms with Crippen LogP contribution in [0.15, 0.2) is 76.5 Å². The Balaban J connectivity index is 2.12. The van der Waals surface area contributed by atoms with E-state index >= 15 is 0 Å². The SMILES string of the molecule is COc1ccccc1-c1cccc(C(N)=O)c1Sc1ccc([N+](=O)[O-])cc1. The maximum atomic E-state index is 12.0. The van der Waals surface area contributed by atoms with Crippen LogP contribution in [0, 0.1) is 10.1 Å². The average molecular weight is 380 g/mol. The van der Waals surface area contributed by atoms with Gasteiger partial charge in [-0.1, -0.05) is 42.1 Å². The van der Waals surface area contributed by atoms with E-state index in [1.54, 1.807) is 31.4 Å². The number of ether oxygens (including phenoxy) is 1. The van der Waals surface area contributed by atoms with Gasteiger partial charge in [0.1, 0.15) is 5.75 Å². The zero-order valence-electron chi connectivity index (χ0n) is 14.4. The summed E-state index contributed by atoms with van der Waals surface area (Å²) in [6.45, 7) is 0. The van der Waals surface area contributed by atoms with Crippen LogP contribution in [0.4, 0.5) is 5.69 Å². The summed E-state index contributed by atoms with van der Waals surface area (Å²) in [5.41, 5.74) is 7.58. The van der Waals surface area contributed by atoms with Crippen LogP contribution in [0.25, 0.3) is 11.1 Å². The van der Waals surface area contributed by atoms with Gasteiger partial charge in [0.25, 0.3) is 5.69 Å². The van der Waals surface area contributed by atoms with Crippen molar-refractivity contribution < 1.29 is 14.5 Å². The summed E-state index contributed by atoms with van der Waals surface area (Å²) in [4.78, 5) is 23.8. The summed E-state index contributed by atoms with van der Waals surface area (Å²) in [7, 11) is 1.58. The lowest BCUT2D eigenvalue weighted by molar-refractivity contribution is -0.384. The number of methoxy groups -OCH3 is 1. The number of amides is 1. The van der Waals surface area contributed by atoms with Gasteiger partial charge in [-0.15, -0.1) is 0 Å². The standard InChI is InChI=1S/C20H16N2O4S/c1-26-18-8-3-2-5-15(18)16-6-4-7-17(20(21)23)19(16)27-14-11-9-13(10-12-14)22(24)25/h2-12H,1H3,(H2,21,23). The molecule has 0 fully saturated rings. The van der Waals surface area contributed by atoms with E-state index in [2.05, 4.69) is 0 Å². The fourth-order valence-electron chi connectivity index (χ4n) is 2.67. The molecule has 3 aromatic rings. The van der Waals surface area contributed by atoms with Crippen molar-refractivity contribution in [3.8, 4) is 16.9 Å². The van der Waals surface area contributed by atoms with E-state index in [-0.39, 0.29) is 5.69 Å². The minimum absolute atomic E-state index is 0.00693. The molecule has 0 atom stereocenters. The molecule has 136 valence electrons. The molecule has 0 unspecified atom stereocenters. The van der Waals surface area contributed by atoms with Gasteiger partial charge in [0.15, 0.2) is 0 Å². The Bertz CT molecular complexity index is 1000. The highest BCUT2D eigenvalue weighted by molar-refractivity contribution is 7.99. The molecule has 0 aliphatic carbocycles. The van der Waals surface area contributed by atoms with Gasteiger partial charge in [-0.25, -0.2) is 0 Å². The normalized spacial score (nSPS) is 10.4. The van der Waals surface area contributed by atoms with E-state index in [4.69, 9.17) is 10.5 Å². The number of nitro benzene ring substituents is 1. The van der Waals surface area contributed by atoms with Crippen molar-refractivity contribution in [3.05, 3.63) is 82.4 Å². The first-order valence-electron chi connectivity index (χ1n) is 7.99. The Morgan fingerprint density at radius 3 is 2.30 bits per heavy atom. The number of carbonyl (C=O) groups is 1. The highest BCUT2D eigenvalue weighted by Gasteiger charge is 2.18. The predicted octanol–water partition coefficient (Wildman–Crippen LogP) is 4.52. The predicted molar refractivity (Wildman–Crippen MR) is 104 cm³/mol. The van der Waals surface area contributed by atoms with Crippen molar-refractivity contribution >= 4 is 23.4 Å². The van der Waals surface area contributed by atoms with Crippen LogP contribution in [0.1, 0.15) is 10.4 Å². The first-order chi connectivity index (χ1) is 13.0. The molecule has 0 saturated carbocycles. The summed E-state index contributed by atoms with van der Waals surface area (Å²) in [5, 5.41) is 10.8. The smallest absolute Gasteiger partial charge is 0.269 e. The largest absolute Gasteiger partial charge is 0.496 e. The molecule has 0 heterocycles. The van der Waals surface area contributed by atoms with E-state index in [9.17, 15) is 14.9 Å². The molecule has 0 aliphatic heterocycles. The molecule has 2 N–H and O–H groups in total. The van der Waals surface area contributed by atoms with Gasteiger partial charge in [-0.2, -0.15) is 0 Å². The van der Waals surface area contributed by atoms with Crippen molar-refractivity contribution in [3.63, 3.8) is 0 Å². The molecular formula is C20H16N2O4S. The lowest BCUT2D eigenvalue weighted by atomic mass is 10.0. The van der Waals surface area contributed by atoms with E-state index in [1.165, 1.54) is 23.9 Å². The molecule has 0 radical (unpaired) electrons. The number of non-ortho nitro benzene ring substituents is 1. The molecule has 7 heteroatoms. The summed E-state index contributed by atoms with van der Waals surface area (Å²) < 4.78 is 5.45. The minimum Gasteiger partial charge on any atom is -0.496 e. The summed E-state index contributed by atoms with van der Waals surface area (Å²) in [6.07, 6.45) is 0. The van der Waals surface area contributed by atoms with Crippen molar-refractivity contribution in [1.29, 1.82) is 0 Å². The number of hydrogen-bond donors (Lipinski definition) is 1. The number of nitrogens with zero attached hydrogens (tertiary/aromatic N) is 1. The van der Waals surface area contributed by atoms with Gasteiger partial charge in [-0.05, 0) is 24.3 Å². The number of hydrogen-bond acceptors (Lipinski definition) is 5. The van der Waals surface area contributed by atoms with Crippen LogP contribution in [-0.2, 0) is 0 Å². The van der Waals surface area contributed by atoms with E-state index in [0.717, 1.165) is 16.0 Å². The topological polar surface area (TPSA) is 95.5 Å². The lowest BCUT2D eigenvalue weighted by Crippen LogP contribution is -2.12. The zero-order chi connectivity index (χ0) is 19.4. The third-order valence-corrected chi connectivity index (χ3v) is 5.10. The minimum atomic E-state index is -0.545. The van der Waals surface area contributed by atoms with Crippen LogP contribution >= 0.6 is 11.8 Å². The Labute approximate surface area is 160 Å². The maximum Gasteiger partial charge on any atom is 0.269 e. The van der Waals surface area contributed by atoms with Crippen LogP contribution in [0.2, 0.25) is 0 Å². The first-order valence-corrected chi connectivity index (χ1v) is 8.81. The molecule has 3 rings (SSSR count). The van der Waals surface area contributed by atoms with Crippen molar-refractivity contribution in [2.75, 3.05) is 7.11 Å². The fourth-order valence-corrected chi connectivity index (χ4v) is 3.75. The molecule has 0 bridgehead atoms. The molecule has 0 saturated heterocycles. The van der Waals surface area contributed by atoms with Crippen LogP contribution in [0.5, 0.6) is 5.75 Å². The average Bonchev–Trinajstić information content (AvgIpc) is 2.68. The number of benzene rings is 3. The van der Waals surface area contributed by atoms with Crippen molar-refractivity contribution in [2.24, 2.45) is 5.73 Å². The number of nitrogens with two attached hydrogens (primary N) is 1. The van der Waals surface area contributed by atoms with Crippen LogP contribution < -0.4 is 10.5 Å². The molecule has 0 aromatic heterocycles. The van der Waals surface area contributed by atoms with Crippen molar-refractivity contribution in [1.82, 2.24) is 0 Å². The third-order valence-electron chi connectivity index (χ3n) is 3.95. The maximum absolute atomic E-state index is 12.0. The Morgan fingerprint density at radius 1 is 1.00 bits per heavy atom. The number of rotatable bonds is 6. The quantitative estimate of drug-likeness (QED) is 0.501. The van der Waals surface area contributed by atoms with Gasteiger partial charge in [0.05, 0.1) is 17.6 Å². The Hall–Kier alpha value is -3.32. The number of para-hydroxylation sites is 1. The third kappa shape index (κ3) is 3.93. The summed E-state index contributed by atoms with van der Waals surface area (Å²) >= 11 is 1.32. The second kappa shape index (κ2) is 7.92. The van der Waals surface area contributed by atoms with E-state index in [1.807, 2.05) is 30.3 Å². The van der Waals surface area contributed by atoms with Gasteiger partial charge >= 0.3 is 0 Å². The number of nitro groups is 1. The van der Waals surface area contributed by atoms with Crippen LogP contribution in [-0.4, -0.2) is 17.9 Å². The number of primary amides is 1. The van der Waals surface area contributed by atoms with Crippen LogP contribution in [0.3, 0.4) is 0 Å². The Kier molecular flexibility index (Phi) is 5.42. The van der Waals surface area contributed by atoms with Crippen molar-refractivity contribution in [2.45, 2.75) is 9.79 Å². The molecule has 3 aromatic carbocycles. The molecule has 0 spiro atoms. The highest BCUT2D eigenvalue weighted by Crippen LogP contribution is 2.41.